The minimum atomic E-state index is -0.694. The van der Waals surface area contributed by atoms with Gasteiger partial charge in [-0.25, -0.2) is 4.79 Å². The van der Waals surface area contributed by atoms with E-state index in [0.717, 1.165) is 48.1 Å². The van der Waals surface area contributed by atoms with Gasteiger partial charge in [-0.05, 0) is 67.4 Å². The maximum atomic E-state index is 12.3. The molecule has 0 radical (unpaired) electrons. The van der Waals surface area contributed by atoms with Crippen molar-refractivity contribution in [1.82, 2.24) is 0 Å². The second kappa shape index (κ2) is 10.3. The highest BCUT2D eigenvalue weighted by molar-refractivity contribution is 5.63. The van der Waals surface area contributed by atoms with Crippen LogP contribution in [-0.2, 0) is 41.6 Å². The van der Waals surface area contributed by atoms with Gasteiger partial charge in [0.2, 0.25) is 0 Å². The van der Waals surface area contributed by atoms with Crippen molar-refractivity contribution in [2.75, 3.05) is 6.61 Å². The van der Waals surface area contributed by atoms with Gasteiger partial charge in [0, 0.05) is 0 Å². The fourth-order valence-corrected chi connectivity index (χ4v) is 7.87. The summed E-state index contributed by atoms with van der Waals surface area (Å²) in [5.41, 5.74) is 1.92. The van der Waals surface area contributed by atoms with Crippen molar-refractivity contribution < 1.29 is 33.2 Å². The van der Waals surface area contributed by atoms with E-state index in [4.69, 9.17) is 28.4 Å². The van der Waals surface area contributed by atoms with E-state index in [0.29, 0.717) is 13.2 Å². The molecule has 38 heavy (non-hydrogen) atoms. The van der Waals surface area contributed by atoms with E-state index >= 15 is 0 Å². The van der Waals surface area contributed by atoms with E-state index in [1.807, 2.05) is 60.7 Å². The highest BCUT2D eigenvalue weighted by Crippen LogP contribution is 2.58. The first-order chi connectivity index (χ1) is 18.6. The molecule has 8 rings (SSSR count). The molecule has 2 aliphatic heterocycles. The molecular weight excluding hydrogens is 484 g/mol. The molecular formula is C31H36O7. The van der Waals surface area contributed by atoms with Crippen LogP contribution < -0.4 is 0 Å². The van der Waals surface area contributed by atoms with Gasteiger partial charge >= 0.3 is 6.16 Å². The molecule has 7 nitrogen and oxygen atoms in total. The Morgan fingerprint density at radius 2 is 1.34 bits per heavy atom. The number of rotatable bonds is 9. The van der Waals surface area contributed by atoms with Crippen LogP contribution in [0, 0.1) is 17.8 Å². The molecule has 0 unspecified atom stereocenters. The highest BCUT2D eigenvalue weighted by atomic mass is 16.8. The minimum absolute atomic E-state index is 0.195. The lowest BCUT2D eigenvalue weighted by atomic mass is 9.54. The summed E-state index contributed by atoms with van der Waals surface area (Å²) in [5.74, 6) is 2.21. The van der Waals surface area contributed by atoms with Crippen molar-refractivity contribution in [3.8, 4) is 0 Å². The normalized spacial score (nSPS) is 39.0. The maximum Gasteiger partial charge on any atom is 0.509 e. The highest BCUT2D eigenvalue weighted by Gasteiger charge is 2.59. The predicted molar refractivity (Wildman–Crippen MR) is 137 cm³/mol. The Balaban J connectivity index is 1.11. The van der Waals surface area contributed by atoms with E-state index in [1.165, 1.54) is 19.3 Å². The van der Waals surface area contributed by atoms with Crippen molar-refractivity contribution in [3.63, 3.8) is 0 Å². The van der Waals surface area contributed by atoms with Crippen molar-refractivity contribution in [2.45, 2.75) is 88.0 Å². The lowest BCUT2D eigenvalue weighted by molar-refractivity contribution is -0.339. The topological polar surface area (TPSA) is 72.5 Å². The van der Waals surface area contributed by atoms with Gasteiger partial charge in [0.05, 0.1) is 25.4 Å². The summed E-state index contributed by atoms with van der Waals surface area (Å²) in [6, 6.07) is 20.0. The number of carbonyl (C=O) groups excluding carboxylic acids is 1. The van der Waals surface area contributed by atoms with Gasteiger partial charge in [0.15, 0.2) is 18.5 Å². The predicted octanol–water partition coefficient (Wildman–Crippen LogP) is 5.40. The van der Waals surface area contributed by atoms with Crippen LogP contribution in [0.15, 0.2) is 60.7 Å². The molecule has 2 heterocycles. The SMILES string of the molecule is O=C1O[C@@H]2[C@@H](OCc3ccccc3)[C@H](OC34CC5CC(CC(C5)C3)C4)O[C@H](COCc3ccccc3)[C@H]2O1. The maximum absolute atomic E-state index is 12.3. The summed E-state index contributed by atoms with van der Waals surface area (Å²) in [5, 5.41) is 0. The second-order valence-electron chi connectivity index (χ2n) is 11.9. The summed E-state index contributed by atoms with van der Waals surface area (Å²) in [6.07, 6.45) is 3.50. The molecule has 4 aliphatic carbocycles. The van der Waals surface area contributed by atoms with Gasteiger partial charge in [0.25, 0.3) is 0 Å². The third kappa shape index (κ3) is 4.97. The largest absolute Gasteiger partial charge is 0.509 e. The molecule has 2 aromatic carbocycles. The zero-order chi connectivity index (χ0) is 25.5. The first kappa shape index (κ1) is 24.6. The standard InChI is InChI=1S/C31H36O7/c32-30-36-26-25(19-33-17-20-7-3-1-4-8-20)35-29(28(27(26)37-30)34-18-21-9-5-2-6-10-21)38-31-14-22-11-23(15-31)13-24(12-22)16-31/h1-10,22-29H,11-19H2/t22?,23?,24?,25-,26-,27+,28-,29+,31?/m1/s1. The Bertz CT molecular complexity index is 1070. The lowest BCUT2D eigenvalue weighted by Crippen LogP contribution is -2.62. The molecule has 7 heteroatoms. The zero-order valence-electron chi connectivity index (χ0n) is 21.6. The molecule has 0 amide bonds. The molecule has 0 N–H and O–H groups in total. The number of hydrogen-bond donors (Lipinski definition) is 0. The van der Waals surface area contributed by atoms with Crippen LogP contribution in [-0.4, -0.2) is 49.1 Å². The van der Waals surface area contributed by atoms with Gasteiger partial charge in [-0.2, -0.15) is 0 Å². The molecule has 4 saturated carbocycles. The first-order valence-electron chi connectivity index (χ1n) is 14.1. The van der Waals surface area contributed by atoms with Crippen molar-refractivity contribution in [1.29, 1.82) is 0 Å². The Labute approximate surface area is 223 Å². The van der Waals surface area contributed by atoms with Crippen molar-refractivity contribution in [3.05, 3.63) is 71.8 Å². The molecule has 2 saturated heterocycles. The molecule has 0 spiro atoms. The van der Waals surface area contributed by atoms with E-state index in [-0.39, 0.29) is 12.2 Å². The summed E-state index contributed by atoms with van der Waals surface area (Å²) in [4.78, 5) is 12.3. The van der Waals surface area contributed by atoms with Gasteiger partial charge in [-0.15, -0.1) is 0 Å². The summed E-state index contributed by atoms with van der Waals surface area (Å²) in [7, 11) is 0. The van der Waals surface area contributed by atoms with Crippen LogP contribution >= 0.6 is 0 Å². The van der Waals surface area contributed by atoms with E-state index in [1.54, 1.807) is 0 Å². The third-order valence-corrected chi connectivity index (χ3v) is 9.08. The van der Waals surface area contributed by atoms with Crippen molar-refractivity contribution >= 4 is 6.16 Å². The Morgan fingerprint density at radius 3 is 1.97 bits per heavy atom. The zero-order valence-corrected chi connectivity index (χ0v) is 21.6. The molecule has 2 aromatic rings. The van der Waals surface area contributed by atoms with Gasteiger partial charge in [0.1, 0.15) is 12.2 Å². The average Bonchev–Trinajstić information content (AvgIpc) is 3.30. The van der Waals surface area contributed by atoms with Crippen LogP contribution in [0.3, 0.4) is 0 Å². The van der Waals surface area contributed by atoms with Crippen LogP contribution in [0.2, 0.25) is 0 Å². The Morgan fingerprint density at radius 1 is 0.763 bits per heavy atom. The smallest absolute Gasteiger partial charge is 0.424 e. The van der Waals surface area contributed by atoms with Crippen LogP contribution in [0.25, 0.3) is 0 Å². The molecule has 6 fully saturated rings. The lowest BCUT2D eigenvalue weighted by Gasteiger charge is -2.57. The van der Waals surface area contributed by atoms with E-state index < -0.39 is 36.9 Å². The van der Waals surface area contributed by atoms with Gasteiger partial charge in [-0.1, -0.05) is 60.7 Å². The van der Waals surface area contributed by atoms with Gasteiger partial charge < -0.3 is 28.4 Å². The summed E-state index contributed by atoms with van der Waals surface area (Å²) < 4.78 is 37.4. The number of carbonyl (C=O) groups is 1. The van der Waals surface area contributed by atoms with Crippen LogP contribution in [0.1, 0.15) is 49.7 Å². The number of fused-ring (bicyclic) bond motifs is 1. The fraction of sp³-hybridized carbons (Fsp3) is 0.581. The second-order valence-corrected chi connectivity index (χ2v) is 11.9. The third-order valence-electron chi connectivity index (χ3n) is 9.08. The number of ether oxygens (including phenoxy) is 6. The monoisotopic (exact) mass is 520 g/mol. The number of hydrogen-bond acceptors (Lipinski definition) is 7. The fourth-order valence-electron chi connectivity index (χ4n) is 7.87. The van der Waals surface area contributed by atoms with Gasteiger partial charge in [-0.3, -0.25) is 0 Å². The quantitative estimate of drug-likeness (QED) is 0.410. The molecule has 6 aliphatic rings. The molecule has 202 valence electrons. The Hall–Kier alpha value is -2.45. The molecule has 5 atom stereocenters. The number of benzene rings is 2. The molecule has 0 aromatic heterocycles. The van der Waals surface area contributed by atoms with Crippen LogP contribution in [0.4, 0.5) is 4.79 Å². The van der Waals surface area contributed by atoms with Crippen LogP contribution in [0.5, 0.6) is 0 Å². The summed E-state index contributed by atoms with van der Waals surface area (Å²) in [6.45, 7) is 1.08. The van der Waals surface area contributed by atoms with E-state index in [2.05, 4.69) is 0 Å². The Kier molecular flexibility index (Phi) is 6.64. The van der Waals surface area contributed by atoms with E-state index in [9.17, 15) is 4.79 Å². The first-order valence-corrected chi connectivity index (χ1v) is 14.1. The summed E-state index contributed by atoms with van der Waals surface area (Å²) >= 11 is 0. The van der Waals surface area contributed by atoms with Crippen molar-refractivity contribution in [2.24, 2.45) is 17.8 Å². The molecule has 4 bridgehead atoms. The minimum Gasteiger partial charge on any atom is -0.424 e. The average molecular weight is 521 g/mol.